The highest BCUT2D eigenvalue weighted by Gasteiger charge is 2.54. The van der Waals surface area contributed by atoms with Crippen LogP contribution in [0.3, 0.4) is 0 Å². The normalized spacial score (nSPS) is 47.6. The number of ether oxygens (including phenoxy) is 2. The molecule has 6 atom stereocenters. The van der Waals surface area contributed by atoms with Gasteiger partial charge in [0, 0.05) is 12.0 Å². The van der Waals surface area contributed by atoms with Gasteiger partial charge in [-0.1, -0.05) is 6.58 Å². The van der Waals surface area contributed by atoms with Gasteiger partial charge in [0.15, 0.2) is 11.4 Å². The molecule has 2 N–H and O–H groups in total. The van der Waals surface area contributed by atoms with Crippen LogP contribution in [0.15, 0.2) is 12.2 Å². The lowest BCUT2D eigenvalue weighted by atomic mass is 9.80. The summed E-state index contributed by atoms with van der Waals surface area (Å²) in [5.74, 6) is -0.816. The van der Waals surface area contributed by atoms with Crippen LogP contribution >= 0.6 is 0 Å². The van der Waals surface area contributed by atoms with E-state index >= 15 is 0 Å². The Kier molecular flexibility index (Phi) is 4.83. The van der Waals surface area contributed by atoms with Crippen LogP contribution in [0.1, 0.15) is 65.7 Å². The summed E-state index contributed by atoms with van der Waals surface area (Å²) in [5.41, 5.74) is -2.54. The molecule has 26 heavy (non-hydrogen) atoms. The van der Waals surface area contributed by atoms with Gasteiger partial charge in [0.1, 0.15) is 0 Å². The molecule has 0 aromatic carbocycles. The van der Waals surface area contributed by atoms with Gasteiger partial charge in [0.2, 0.25) is 0 Å². The monoisotopic (exact) mass is 366 g/mol. The molecule has 2 saturated heterocycles. The minimum atomic E-state index is -1.38. The van der Waals surface area contributed by atoms with Gasteiger partial charge in [0.25, 0.3) is 0 Å². The van der Waals surface area contributed by atoms with Crippen molar-refractivity contribution in [1.29, 1.82) is 0 Å². The maximum absolute atomic E-state index is 12.8. The smallest absolute Gasteiger partial charge is 0.334 e. The Morgan fingerprint density at radius 2 is 1.81 bits per heavy atom. The Labute approximate surface area is 154 Å². The SMILES string of the molecule is C=C1C(=O)O[C@]2(C)CC[C@@H]1C[C@@H]1O[C@]1(C)CC[C@H](O)[C@](C)(O)CCC2=O. The summed E-state index contributed by atoms with van der Waals surface area (Å²) in [5, 5.41) is 21.0. The molecule has 0 aromatic heterocycles. The molecular formula is C20H30O6. The van der Waals surface area contributed by atoms with Crippen molar-refractivity contribution in [3.8, 4) is 0 Å². The summed E-state index contributed by atoms with van der Waals surface area (Å²) in [4.78, 5) is 25.2. The first-order chi connectivity index (χ1) is 12.0. The number of ketones is 1. The summed E-state index contributed by atoms with van der Waals surface area (Å²) in [6.45, 7) is 9.09. The van der Waals surface area contributed by atoms with Crippen LogP contribution in [-0.4, -0.2) is 51.0 Å². The lowest BCUT2D eigenvalue weighted by molar-refractivity contribution is -0.162. The average Bonchev–Trinajstić information content (AvgIpc) is 3.24. The van der Waals surface area contributed by atoms with Crippen molar-refractivity contribution in [3.63, 3.8) is 0 Å². The van der Waals surface area contributed by atoms with E-state index in [9.17, 15) is 19.8 Å². The number of rotatable bonds is 0. The standard InChI is InChI=1S/C20H30O6/c1-12-13-5-9-19(3,26-17(12)23)15(22)6-8-18(2,24)14(21)7-10-20(4)16(11-13)25-20/h13-14,16,21,24H,1,5-11H2,2-4H3/t13-,14+,16+,18-,19-,20-/m1/s1. The fourth-order valence-corrected chi connectivity index (χ4v) is 4.17. The van der Waals surface area contributed by atoms with Gasteiger partial charge < -0.3 is 19.7 Å². The number of Topliss-reactive ketones (excluding diaryl/α,β-unsaturated/α-hetero) is 1. The molecule has 3 aliphatic rings. The van der Waals surface area contributed by atoms with Crippen LogP contribution in [0.25, 0.3) is 0 Å². The Hall–Kier alpha value is -1.24. The molecule has 0 unspecified atom stereocenters. The molecule has 0 spiro atoms. The Morgan fingerprint density at radius 3 is 2.50 bits per heavy atom. The van der Waals surface area contributed by atoms with Crippen LogP contribution in [-0.2, 0) is 19.1 Å². The maximum Gasteiger partial charge on any atom is 0.334 e. The Bertz CT molecular complexity index is 626. The quantitative estimate of drug-likeness (QED) is 0.387. The highest BCUT2D eigenvalue weighted by molar-refractivity contribution is 5.94. The molecule has 6 heteroatoms. The molecule has 2 bridgehead atoms. The molecule has 3 fully saturated rings. The number of epoxide rings is 1. The lowest BCUT2D eigenvalue weighted by Gasteiger charge is -2.32. The number of fused-ring (bicyclic) bond motifs is 4. The fourth-order valence-electron chi connectivity index (χ4n) is 4.17. The molecule has 0 amide bonds. The first kappa shape index (κ1) is 19.5. The van der Waals surface area contributed by atoms with E-state index in [1.165, 1.54) is 0 Å². The van der Waals surface area contributed by atoms with Crippen LogP contribution in [0.4, 0.5) is 0 Å². The zero-order valence-corrected chi connectivity index (χ0v) is 15.9. The summed E-state index contributed by atoms with van der Waals surface area (Å²) < 4.78 is 11.4. The Balaban J connectivity index is 1.88. The van der Waals surface area contributed by atoms with E-state index in [0.29, 0.717) is 37.7 Å². The summed E-state index contributed by atoms with van der Waals surface area (Å²) in [7, 11) is 0. The molecule has 6 nitrogen and oxygen atoms in total. The van der Waals surface area contributed by atoms with Crippen molar-refractivity contribution in [1.82, 2.24) is 0 Å². The highest BCUT2D eigenvalue weighted by Crippen LogP contribution is 2.47. The zero-order valence-electron chi connectivity index (χ0n) is 15.9. The van der Waals surface area contributed by atoms with Gasteiger partial charge in [-0.25, -0.2) is 4.79 Å². The van der Waals surface area contributed by atoms with Crippen molar-refractivity contribution in [3.05, 3.63) is 12.2 Å². The number of carbonyl (C=O) groups excluding carboxylic acids is 2. The fraction of sp³-hybridized carbons (Fsp3) is 0.800. The first-order valence-electron chi connectivity index (χ1n) is 9.50. The lowest BCUT2D eigenvalue weighted by Crippen LogP contribution is -2.44. The largest absolute Gasteiger partial charge is 0.448 e. The number of hydrogen-bond acceptors (Lipinski definition) is 6. The Morgan fingerprint density at radius 1 is 1.12 bits per heavy atom. The van der Waals surface area contributed by atoms with E-state index in [-0.39, 0.29) is 36.2 Å². The molecule has 146 valence electrons. The average molecular weight is 366 g/mol. The zero-order chi connectivity index (χ0) is 19.3. The highest BCUT2D eigenvalue weighted by atomic mass is 16.6. The third-order valence-electron chi connectivity index (χ3n) is 6.66. The predicted molar refractivity (Wildman–Crippen MR) is 94.4 cm³/mol. The topological polar surface area (TPSA) is 96.4 Å². The minimum Gasteiger partial charge on any atom is -0.448 e. The van der Waals surface area contributed by atoms with Crippen molar-refractivity contribution in [2.24, 2.45) is 5.92 Å². The number of aliphatic hydroxyl groups excluding tert-OH is 1. The van der Waals surface area contributed by atoms with Gasteiger partial charge in [-0.3, -0.25) is 4.79 Å². The summed E-state index contributed by atoms with van der Waals surface area (Å²) in [6.07, 6.45) is 1.93. The number of carbonyl (C=O) groups is 2. The van der Waals surface area contributed by atoms with Crippen LogP contribution in [0.2, 0.25) is 0 Å². The molecule has 3 rings (SSSR count). The predicted octanol–water partition coefficient (Wildman–Crippen LogP) is 2.06. The van der Waals surface area contributed by atoms with Crippen molar-refractivity contribution in [2.45, 2.75) is 94.7 Å². The van der Waals surface area contributed by atoms with Crippen molar-refractivity contribution >= 4 is 11.8 Å². The maximum atomic E-state index is 12.8. The number of hydrogen-bond donors (Lipinski definition) is 2. The van der Waals surface area contributed by atoms with E-state index in [4.69, 9.17) is 9.47 Å². The number of aliphatic hydroxyl groups is 2. The van der Waals surface area contributed by atoms with E-state index in [2.05, 4.69) is 6.58 Å². The summed E-state index contributed by atoms with van der Waals surface area (Å²) in [6, 6.07) is 0. The van der Waals surface area contributed by atoms with Crippen LogP contribution in [0, 0.1) is 5.92 Å². The second-order valence-corrected chi connectivity index (χ2v) is 8.87. The van der Waals surface area contributed by atoms with Gasteiger partial charge in [-0.15, -0.1) is 0 Å². The second-order valence-electron chi connectivity index (χ2n) is 8.87. The van der Waals surface area contributed by atoms with E-state index in [1.807, 2.05) is 6.92 Å². The molecule has 0 aromatic rings. The minimum absolute atomic E-state index is 0.0165. The summed E-state index contributed by atoms with van der Waals surface area (Å²) >= 11 is 0. The first-order valence-corrected chi connectivity index (χ1v) is 9.50. The van der Waals surface area contributed by atoms with Crippen LogP contribution in [0.5, 0.6) is 0 Å². The van der Waals surface area contributed by atoms with Gasteiger partial charge >= 0.3 is 5.97 Å². The van der Waals surface area contributed by atoms with Gasteiger partial charge in [0.05, 0.1) is 23.4 Å². The number of esters is 1. The third-order valence-corrected chi connectivity index (χ3v) is 6.66. The van der Waals surface area contributed by atoms with Crippen molar-refractivity contribution in [2.75, 3.05) is 0 Å². The van der Waals surface area contributed by atoms with Crippen LogP contribution < -0.4 is 0 Å². The van der Waals surface area contributed by atoms with Gasteiger partial charge in [-0.2, -0.15) is 0 Å². The van der Waals surface area contributed by atoms with Gasteiger partial charge in [-0.05, 0) is 65.2 Å². The van der Waals surface area contributed by atoms with E-state index in [1.54, 1.807) is 13.8 Å². The molecule has 1 aliphatic carbocycles. The van der Waals surface area contributed by atoms with E-state index < -0.39 is 23.3 Å². The molecular weight excluding hydrogens is 336 g/mol. The molecule has 2 aliphatic heterocycles. The molecule has 1 saturated carbocycles. The second kappa shape index (κ2) is 6.43. The van der Waals surface area contributed by atoms with E-state index in [0.717, 1.165) is 0 Å². The van der Waals surface area contributed by atoms with Crippen molar-refractivity contribution < 1.29 is 29.3 Å². The molecule has 2 heterocycles. The third kappa shape index (κ3) is 3.59. The molecule has 0 radical (unpaired) electrons.